The summed E-state index contributed by atoms with van der Waals surface area (Å²) < 4.78 is 10.9. The molecule has 1 fully saturated rings. The van der Waals surface area contributed by atoms with E-state index >= 15 is 0 Å². The number of thioether (sulfide) groups is 1. The van der Waals surface area contributed by atoms with Gasteiger partial charge in [-0.05, 0) is 38.1 Å². The average molecular weight is 453 g/mol. The average Bonchev–Trinajstić information content (AvgIpc) is 3.28. The molecule has 0 spiro atoms. The van der Waals surface area contributed by atoms with E-state index in [9.17, 15) is 4.79 Å². The number of carbonyl (C=O) groups is 1. The highest BCUT2D eigenvalue weighted by Gasteiger charge is 2.22. The molecule has 0 bridgehead atoms. The first-order valence-electron chi connectivity index (χ1n) is 10.9. The number of amides is 1. The number of piperazine rings is 1. The van der Waals surface area contributed by atoms with Gasteiger partial charge in [0.05, 0.1) is 18.9 Å². The molecule has 2 aromatic carbocycles. The van der Waals surface area contributed by atoms with Crippen molar-refractivity contribution in [1.82, 2.24) is 19.9 Å². The van der Waals surface area contributed by atoms with Crippen LogP contribution in [0.15, 0.2) is 57.9 Å². The van der Waals surface area contributed by atoms with Crippen LogP contribution in [0.1, 0.15) is 18.4 Å². The first kappa shape index (κ1) is 22.4. The third-order valence-electron chi connectivity index (χ3n) is 5.36. The fourth-order valence-corrected chi connectivity index (χ4v) is 4.32. The number of nitrogens with zero attached hydrogens (tertiary/aromatic N) is 4. The van der Waals surface area contributed by atoms with Crippen LogP contribution in [0, 0.1) is 6.92 Å². The second-order valence-electron chi connectivity index (χ2n) is 7.73. The van der Waals surface area contributed by atoms with Crippen molar-refractivity contribution in [1.29, 1.82) is 0 Å². The Balaban J connectivity index is 1.22. The second-order valence-corrected chi connectivity index (χ2v) is 8.78. The molecule has 0 N–H and O–H groups in total. The normalized spacial score (nSPS) is 14.5. The topological polar surface area (TPSA) is 71.7 Å². The Morgan fingerprint density at radius 1 is 1.06 bits per heavy atom. The summed E-state index contributed by atoms with van der Waals surface area (Å²) in [4.78, 5) is 22.4. The Bertz CT molecular complexity index is 1010. The van der Waals surface area contributed by atoms with Crippen molar-refractivity contribution in [2.75, 3.05) is 38.5 Å². The van der Waals surface area contributed by atoms with Crippen LogP contribution in [0.5, 0.6) is 5.75 Å². The summed E-state index contributed by atoms with van der Waals surface area (Å²) in [6.07, 6.45) is 0. The molecule has 1 aliphatic heterocycles. The predicted molar refractivity (Wildman–Crippen MR) is 125 cm³/mol. The van der Waals surface area contributed by atoms with E-state index < -0.39 is 0 Å². The van der Waals surface area contributed by atoms with E-state index in [1.165, 1.54) is 5.56 Å². The van der Waals surface area contributed by atoms with Gasteiger partial charge in [0.2, 0.25) is 17.6 Å². The molecule has 1 aromatic heterocycles. The Hall–Kier alpha value is -2.84. The van der Waals surface area contributed by atoms with E-state index in [0.29, 0.717) is 43.7 Å². The Morgan fingerprint density at radius 3 is 2.47 bits per heavy atom. The molecule has 8 heteroatoms. The van der Waals surface area contributed by atoms with Crippen molar-refractivity contribution < 1.29 is 14.1 Å². The molecular weight excluding hydrogens is 424 g/mol. The molecule has 2 heterocycles. The van der Waals surface area contributed by atoms with Gasteiger partial charge in [-0.3, -0.25) is 9.69 Å². The Labute approximate surface area is 192 Å². The highest BCUT2D eigenvalue weighted by molar-refractivity contribution is 8.00. The third kappa shape index (κ3) is 5.89. The SMILES string of the molecule is CCOc1ccc(SCC(=O)N2CCN(Cc3nc(-c4ccc(C)cc4)no3)CC2)cc1. The lowest BCUT2D eigenvalue weighted by atomic mass is 10.1. The molecule has 0 radical (unpaired) electrons. The van der Waals surface area contributed by atoms with Crippen LogP contribution in [0.4, 0.5) is 0 Å². The van der Waals surface area contributed by atoms with Crippen molar-refractivity contribution in [3.63, 3.8) is 0 Å². The zero-order chi connectivity index (χ0) is 22.3. The maximum atomic E-state index is 12.6. The lowest BCUT2D eigenvalue weighted by molar-refractivity contribution is -0.130. The minimum absolute atomic E-state index is 0.169. The van der Waals surface area contributed by atoms with E-state index in [-0.39, 0.29) is 5.91 Å². The molecule has 1 amide bonds. The smallest absolute Gasteiger partial charge is 0.241 e. The molecule has 32 heavy (non-hydrogen) atoms. The maximum Gasteiger partial charge on any atom is 0.241 e. The van der Waals surface area contributed by atoms with Crippen molar-refractivity contribution in [3.05, 3.63) is 60.0 Å². The van der Waals surface area contributed by atoms with Gasteiger partial charge in [-0.15, -0.1) is 11.8 Å². The number of ether oxygens (including phenoxy) is 1. The fraction of sp³-hybridized carbons (Fsp3) is 0.375. The first-order chi connectivity index (χ1) is 15.6. The number of benzene rings is 2. The number of rotatable bonds is 8. The van der Waals surface area contributed by atoms with Crippen LogP contribution in [0.25, 0.3) is 11.4 Å². The van der Waals surface area contributed by atoms with E-state index in [1.54, 1.807) is 11.8 Å². The van der Waals surface area contributed by atoms with Crippen LogP contribution >= 0.6 is 11.8 Å². The van der Waals surface area contributed by atoms with Gasteiger partial charge in [-0.1, -0.05) is 35.0 Å². The number of hydrogen-bond acceptors (Lipinski definition) is 7. The van der Waals surface area contributed by atoms with Crippen LogP contribution < -0.4 is 4.74 Å². The lowest BCUT2D eigenvalue weighted by Gasteiger charge is -2.33. The number of aromatic nitrogens is 2. The van der Waals surface area contributed by atoms with Crippen LogP contribution in [0.2, 0.25) is 0 Å². The van der Waals surface area contributed by atoms with Gasteiger partial charge in [-0.2, -0.15) is 4.98 Å². The number of carbonyl (C=O) groups excluding carboxylic acids is 1. The molecular formula is C24H28N4O3S. The highest BCUT2D eigenvalue weighted by Crippen LogP contribution is 2.22. The second kappa shape index (κ2) is 10.7. The van der Waals surface area contributed by atoms with E-state index in [2.05, 4.69) is 22.0 Å². The zero-order valence-electron chi connectivity index (χ0n) is 18.5. The minimum Gasteiger partial charge on any atom is -0.494 e. The first-order valence-corrected chi connectivity index (χ1v) is 11.8. The van der Waals surface area contributed by atoms with Crippen LogP contribution in [-0.4, -0.2) is 64.4 Å². The molecule has 3 aromatic rings. The van der Waals surface area contributed by atoms with Gasteiger partial charge in [0.25, 0.3) is 0 Å². The summed E-state index contributed by atoms with van der Waals surface area (Å²) >= 11 is 1.56. The van der Waals surface area contributed by atoms with Crippen molar-refractivity contribution in [2.45, 2.75) is 25.3 Å². The summed E-state index contributed by atoms with van der Waals surface area (Å²) in [6, 6.07) is 15.9. The third-order valence-corrected chi connectivity index (χ3v) is 6.36. The van der Waals surface area contributed by atoms with Gasteiger partial charge in [0.1, 0.15) is 5.75 Å². The van der Waals surface area contributed by atoms with Crippen molar-refractivity contribution in [2.24, 2.45) is 0 Å². The van der Waals surface area contributed by atoms with Gasteiger partial charge in [0, 0.05) is 36.6 Å². The van der Waals surface area contributed by atoms with Gasteiger partial charge < -0.3 is 14.2 Å². The predicted octanol–water partition coefficient (Wildman–Crippen LogP) is 3.88. The fourth-order valence-electron chi connectivity index (χ4n) is 3.52. The number of hydrogen-bond donors (Lipinski definition) is 0. The largest absolute Gasteiger partial charge is 0.494 e. The van der Waals surface area contributed by atoms with Gasteiger partial charge >= 0.3 is 0 Å². The molecule has 4 rings (SSSR count). The molecule has 1 saturated heterocycles. The molecule has 0 unspecified atom stereocenters. The van der Waals surface area contributed by atoms with Crippen LogP contribution in [0.3, 0.4) is 0 Å². The molecule has 0 saturated carbocycles. The summed E-state index contributed by atoms with van der Waals surface area (Å²) in [7, 11) is 0. The summed E-state index contributed by atoms with van der Waals surface area (Å²) in [6.45, 7) is 8.27. The summed E-state index contributed by atoms with van der Waals surface area (Å²) in [5, 5.41) is 4.11. The van der Waals surface area contributed by atoms with E-state index in [0.717, 1.165) is 29.3 Å². The van der Waals surface area contributed by atoms with Gasteiger partial charge in [0.15, 0.2) is 0 Å². The summed E-state index contributed by atoms with van der Waals surface area (Å²) in [5.74, 6) is 2.68. The highest BCUT2D eigenvalue weighted by atomic mass is 32.2. The maximum absolute atomic E-state index is 12.6. The Kier molecular flexibility index (Phi) is 7.44. The van der Waals surface area contributed by atoms with E-state index in [4.69, 9.17) is 9.26 Å². The monoisotopic (exact) mass is 452 g/mol. The molecule has 0 aliphatic carbocycles. The van der Waals surface area contributed by atoms with Crippen molar-refractivity contribution >= 4 is 17.7 Å². The standard InChI is InChI=1S/C24H28N4O3S/c1-3-30-20-8-10-21(11-9-20)32-17-23(29)28-14-12-27(13-15-28)16-22-25-24(26-31-22)19-6-4-18(2)5-7-19/h4-11H,3,12-17H2,1-2H3. The quantitative estimate of drug-likeness (QED) is 0.480. The van der Waals surface area contributed by atoms with Gasteiger partial charge in [-0.25, -0.2) is 0 Å². The lowest BCUT2D eigenvalue weighted by Crippen LogP contribution is -2.48. The van der Waals surface area contributed by atoms with Crippen LogP contribution in [-0.2, 0) is 11.3 Å². The summed E-state index contributed by atoms with van der Waals surface area (Å²) in [5.41, 5.74) is 2.15. The molecule has 1 aliphatic rings. The molecule has 168 valence electrons. The molecule has 0 atom stereocenters. The zero-order valence-corrected chi connectivity index (χ0v) is 19.3. The number of aryl methyl sites for hydroxylation is 1. The minimum atomic E-state index is 0.169. The van der Waals surface area contributed by atoms with Crippen molar-refractivity contribution in [3.8, 4) is 17.1 Å². The Morgan fingerprint density at radius 2 is 1.78 bits per heavy atom. The molecule has 7 nitrogen and oxygen atoms in total. The van der Waals surface area contributed by atoms with E-state index in [1.807, 2.05) is 60.4 Å².